The molecule has 0 bridgehead atoms. The van der Waals surface area contributed by atoms with Gasteiger partial charge >= 0.3 is 0 Å². The number of nitrogens with zero attached hydrogens (tertiary/aromatic N) is 2. The fourth-order valence-electron chi connectivity index (χ4n) is 2.47. The van der Waals surface area contributed by atoms with Gasteiger partial charge in [-0.05, 0) is 49.7 Å². The number of hydrogen-bond donors (Lipinski definition) is 0. The smallest absolute Gasteiger partial charge is 0.151 e. The monoisotopic (exact) mass is 306 g/mol. The molecule has 1 unspecified atom stereocenters. The summed E-state index contributed by atoms with van der Waals surface area (Å²) in [6.45, 7) is 3.55. The maximum atomic E-state index is 13.9. The van der Waals surface area contributed by atoms with Crippen molar-refractivity contribution in [3.05, 3.63) is 59.4 Å². The Balaban J connectivity index is 2.39. The van der Waals surface area contributed by atoms with Crippen molar-refractivity contribution < 1.29 is 8.78 Å². The number of benzene rings is 2. The highest BCUT2D eigenvalue weighted by molar-refractivity contribution is 6.20. The van der Waals surface area contributed by atoms with Crippen molar-refractivity contribution in [2.75, 3.05) is 0 Å². The van der Waals surface area contributed by atoms with E-state index in [1.54, 1.807) is 30.5 Å². The Labute approximate surface area is 126 Å². The molecule has 1 atom stereocenters. The van der Waals surface area contributed by atoms with Gasteiger partial charge in [-0.3, -0.25) is 4.57 Å². The van der Waals surface area contributed by atoms with E-state index in [-0.39, 0.29) is 11.3 Å². The van der Waals surface area contributed by atoms with Crippen molar-refractivity contribution in [1.29, 1.82) is 0 Å². The number of fused-ring (bicyclic) bond motifs is 1. The molecule has 0 aliphatic heterocycles. The summed E-state index contributed by atoms with van der Waals surface area (Å²) in [5, 5.41) is -0.430. The van der Waals surface area contributed by atoms with Gasteiger partial charge in [0.15, 0.2) is 5.82 Å². The summed E-state index contributed by atoms with van der Waals surface area (Å²) in [5.41, 5.74) is 2.17. The topological polar surface area (TPSA) is 17.8 Å². The number of para-hydroxylation sites is 1. The Hall–Kier alpha value is -1.94. The highest BCUT2D eigenvalue weighted by atomic mass is 35.5. The molecule has 0 N–H and O–H groups in total. The third-order valence-electron chi connectivity index (χ3n) is 3.30. The molecular formula is C16H13ClF2N2. The van der Waals surface area contributed by atoms with E-state index >= 15 is 0 Å². The van der Waals surface area contributed by atoms with Crippen molar-refractivity contribution in [3.8, 4) is 5.69 Å². The zero-order chi connectivity index (χ0) is 15.1. The highest BCUT2D eigenvalue weighted by Crippen LogP contribution is 2.29. The van der Waals surface area contributed by atoms with E-state index < -0.39 is 11.2 Å². The second-order valence-electron chi connectivity index (χ2n) is 5.02. The number of halogens is 3. The van der Waals surface area contributed by atoms with E-state index in [0.717, 1.165) is 5.56 Å². The summed E-state index contributed by atoms with van der Waals surface area (Å²) in [5.74, 6) is -0.281. The van der Waals surface area contributed by atoms with Crippen LogP contribution in [0.3, 0.4) is 0 Å². The summed E-state index contributed by atoms with van der Waals surface area (Å²) in [6.07, 6.45) is 0. The van der Waals surface area contributed by atoms with Crippen LogP contribution < -0.4 is 0 Å². The lowest BCUT2D eigenvalue weighted by Crippen LogP contribution is -2.02. The summed E-state index contributed by atoms with van der Waals surface area (Å²) in [7, 11) is 0. The van der Waals surface area contributed by atoms with Gasteiger partial charge in [0.25, 0.3) is 0 Å². The van der Waals surface area contributed by atoms with Crippen LogP contribution in [0.25, 0.3) is 16.7 Å². The van der Waals surface area contributed by atoms with Crippen molar-refractivity contribution in [2.45, 2.75) is 19.2 Å². The number of aryl methyl sites for hydroxylation is 1. The maximum Gasteiger partial charge on any atom is 0.151 e. The Morgan fingerprint density at radius 1 is 1.19 bits per heavy atom. The zero-order valence-corrected chi connectivity index (χ0v) is 12.3. The van der Waals surface area contributed by atoms with Crippen LogP contribution in [0, 0.1) is 18.6 Å². The summed E-state index contributed by atoms with van der Waals surface area (Å²) < 4.78 is 29.3. The lowest BCUT2D eigenvalue weighted by Gasteiger charge is -2.11. The van der Waals surface area contributed by atoms with Gasteiger partial charge in [0.2, 0.25) is 0 Å². The SMILES string of the molecule is Cc1cc(F)cc(-n2c(C(C)Cl)nc3c(F)cccc32)c1. The second kappa shape index (κ2) is 5.11. The van der Waals surface area contributed by atoms with E-state index in [4.69, 9.17) is 11.6 Å². The predicted molar refractivity (Wildman–Crippen MR) is 80.0 cm³/mol. The summed E-state index contributed by atoms with van der Waals surface area (Å²) in [4.78, 5) is 4.28. The lowest BCUT2D eigenvalue weighted by molar-refractivity contribution is 0.625. The van der Waals surface area contributed by atoms with Gasteiger partial charge in [0.05, 0.1) is 16.6 Å². The molecular weight excluding hydrogens is 294 g/mol. The molecule has 2 nitrogen and oxygen atoms in total. The van der Waals surface area contributed by atoms with E-state index in [0.29, 0.717) is 17.0 Å². The summed E-state index contributed by atoms with van der Waals surface area (Å²) in [6, 6.07) is 9.34. The number of imidazole rings is 1. The molecule has 0 saturated heterocycles. The van der Waals surface area contributed by atoms with E-state index in [1.807, 2.05) is 6.07 Å². The van der Waals surface area contributed by atoms with Crippen LogP contribution in [-0.4, -0.2) is 9.55 Å². The maximum absolute atomic E-state index is 13.9. The highest BCUT2D eigenvalue weighted by Gasteiger charge is 2.18. The molecule has 0 amide bonds. The van der Waals surface area contributed by atoms with Gasteiger partial charge in [-0.1, -0.05) is 6.07 Å². The van der Waals surface area contributed by atoms with E-state index in [2.05, 4.69) is 4.98 Å². The first-order valence-electron chi connectivity index (χ1n) is 6.56. The van der Waals surface area contributed by atoms with Crippen LogP contribution in [0.5, 0.6) is 0 Å². The number of aromatic nitrogens is 2. The van der Waals surface area contributed by atoms with Gasteiger partial charge in [0.1, 0.15) is 17.2 Å². The van der Waals surface area contributed by atoms with Gasteiger partial charge < -0.3 is 0 Å². The molecule has 0 fully saturated rings. The number of alkyl halides is 1. The van der Waals surface area contributed by atoms with Crippen LogP contribution in [-0.2, 0) is 0 Å². The first kappa shape index (κ1) is 14.0. The van der Waals surface area contributed by atoms with Crippen molar-refractivity contribution in [2.24, 2.45) is 0 Å². The molecule has 0 saturated carbocycles. The molecule has 1 heterocycles. The van der Waals surface area contributed by atoms with Crippen LogP contribution in [0.1, 0.15) is 23.7 Å². The molecule has 0 radical (unpaired) electrons. The van der Waals surface area contributed by atoms with Gasteiger partial charge in [-0.25, -0.2) is 13.8 Å². The predicted octanol–water partition coefficient (Wildman–Crippen LogP) is 4.91. The Morgan fingerprint density at radius 2 is 1.95 bits per heavy atom. The van der Waals surface area contributed by atoms with Crippen LogP contribution >= 0.6 is 11.6 Å². The fraction of sp³-hybridized carbons (Fsp3) is 0.188. The minimum Gasteiger partial charge on any atom is -0.295 e. The first-order valence-corrected chi connectivity index (χ1v) is 6.99. The second-order valence-corrected chi connectivity index (χ2v) is 5.67. The molecule has 1 aromatic heterocycles. The van der Waals surface area contributed by atoms with Crippen molar-refractivity contribution in [1.82, 2.24) is 9.55 Å². The Bertz CT molecular complexity index is 804. The average Bonchev–Trinajstić information content (AvgIpc) is 2.78. The molecule has 108 valence electrons. The molecule has 0 aliphatic rings. The number of hydrogen-bond acceptors (Lipinski definition) is 1. The molecule has 5 heteroatoms. The Kier molecular flexibility index (Phi) is 3.41. The van der Waals surface area contributed by atoms with E-state index in [9.17, 15) is 8.78 Å². The Morgan fingerprint density at radius 3 is 2.62 bits per heavy atom. The number of rotatable bonds is 2. The van der Waals surface area contributed by atoms with Gasteiger partial charge in [-0.15, -0.1) is 11.6 Å². The molecule has 3 aromatic rings. The zero-order valence-electron chi connectivity index (χ0n) is 11.6. The first-order chi connectivity index (χ1) is 9.97. The standard InChI is InChI=1S/C16H13ClF2N2/c1-9-6-11(18)8-12(7-9)21-14-5-3-4-13(19)15(14)20-16(21)10(2)17/h3-8,10H,1-2H3. The fourth-order valence-corrected chi connectivity index (χ4v) is 2.61. The summed E-state index contributed by atoms with van der Waals surface area (Å²) >= 11 is 6.16. The van der Waals surface area contributed by atoms with Crippen LogP contribution in [0.2, 0.25) is 0 Å². The van der Waals surface area contributed by atoms with Gasteiger partial charge in [-0.2, -0.15) is 0 Å². The van der Waals surface area contributed by atoms with Crippen molar-refractivity contribution in [3.63, 3.8) is 0 Å². The van der Waals surface area contributed by atoms with Crippen LogP contribution in [0.4, 0.5) is 8.78 Å². The molecule has 21 heavy (non-hydrogen) atoms. The third-order valence-corrected chi connectivity index (χ3v) is 3.50. The molecule has 3 rings (SSSR count). The quantitative estimate of drug-likeness (QED) is 0.615. The van der Waals surface area contributed by atoms with Gasteiger partial charge in [0, 0.05) is 0 Å². The minimum absolute atomic E-state index is 0.238. The van der Waals surface area contributed by atoms with E-state index in [1.165, 1.54) is 18.2 Å². The molecule has 0 spiro atoms. The normalized spacial score (nSPS) is 12.8. The van der Waals surface area contributed by atoms with Crippen LogP contribution in [0.15, 0.2) is 36.4 Å². The van der Waals surface area contributed by atoms with Crippen molar-refractivity contribution >= 4 is 22.6 Å². The molecule has 2 aromatic carbocycles. The largest absolute Gasteiger partial charge is 0.295 e. The third kappa shape index (κ3) is 2.40. The molecule has 0 aliphatic carbocycles. The average molecular weight is 307 g/mol. The lowest BCUT2D eigenvalue weighted by atomic mass is 10.2. The minimum atomic E-state index is -0.430.